The first kappa shape index (κ1) is 18.8. The highest BCUT2D eigenvalue weighted by Gasteiger charge is 2.18. The van der Waals surface area contributed by atoms with Crippen LogP contribution in [-0.4, -0.2) is 23.3 Å². The number of nitrogens with two attached hydrogens (primary N) is 1. The minimum Gasteiger partial charge on any atom is -0.322 e. The zero-order valence-electron chi connectivity index (χ0n) is 14.8. The average Bonchev–Trinajstić information content (AvgIpc) is 3.21. The SMILES string of the molecule is CC(=O)N(CC(N)c1ccc(C(=O)Nc2ccncc2)cc1)c1cccs1. The number of carbonyl (C=O) groups excluding carboxylic acids is 2. The Balaban J connectivity index is 1.67. The highest BCUT2D eigenvalue weighted by Crippen LogP contribution is 2.24. The predicted octanol–water partition coefficient (Wildman–Crippen LogP) is 3.45. The summed E-state index contributed by atoms with van der Waals surface area (Å²) < 4.78 is 0. The number of anilines is 2. The molecular weight excluding hydrogens is 360 g/mol. The van der Waals surface area contributed by atoms with Crippen LogP contribution in [0.15, 0.2) is 66.3 Å². The molecule has 1 atom stereocenters. The maximum Gasteiger partial charge on any atom is 0.255 e. The summed E-state index contributed by atoms with van der Waals surface area (Å²) >= 11 is 1.50. The average molecular weight is 380 g/mol. The molecule has 0 fully saturated rings. The molecule has 7 heteroatoms. The van der Waals surface area contributed by atoms with E-state index in [-0.39, 0.29) is 17.9 Å². The molecule has 2 aromatic heterocycles. The summed E-state index contributed by atoms with van der Waals surface area (Å²) in [5.74, 6) is -0.258. The highest BCUT2D eigenvalue weighted by atomic mass is 32.1. The lowest BCUT2D eigenvalue weighted by Gasteiger charge is -2.23. The maximum absolute atomic E-state index is 12.3. The fourth-order valence-corrected chi connectivity index (χ4v) is 3.40. The Morgan fingerprint density at radius 3 is 2.44 bits per heavy atom. The molecule has 2 heterocycles. The van der Waals surface area contributed by atoms with Crippen LogP contribution in [0, 0.1) is 0 Å². The van der Waals surface area contributed by atoms with Gasteiger partial charge in [-0.1, -0.05) is 12.1 Å². The lowest BCUT2D eigenvalue weighted by molar-refractivity contribution is -0.116. The van der Waals surface area contributed by atoms with Gasteiger partial charge in [0.05, 0.1) is 5.00 Å². The Morgan fingerprint density at radius 2 is 1.85 bits per heavy atom. The molecule has 1 aromatic carbocycles. The van der Waals surface area contributed by atoms with Crippen molar-refractivity contribution in [3.63, 3.8) is 0 Å². The first-order valence-corrected chi connectivity index (χ1v) is 9.31. The number of pyridine rings is 1. The fourth-order valence-electron chi connectivity index (χ4n) is 2.62. The molecular formula is C20H20N4O2S. The maximum atomic E-state index is 12.3. The molecule has 0 saturated heterocycles. The smallest absolute Gasteiger partial charge is 0.255 e. The second-order valence-corrected chi connectivity index (χ2v) is 6.93. The number of nitrogens with one attached hydrogen (secondary N) is 1. The molecule has 3 aromatic rings. The van der Waals surface area contributed by atoms with Crippen LogP contribution in [0.25, 0.3) is 0 Å². The topological polar surface area (TPSA) is 88.3 Å². The van der Waals surface area contributed by atoms with Gasteiger partial charge < -0.3 is 16.0 Å². The van der Waals surface area contributed by atoms with E-state index in [9.17, 15) is 9.59 Å². The van der Waals surface area contributed by atoms with E-state index in [1.54, 1.807) is 41.6 Å². The summed E-state index contributed by atoms with van der Waals surface area (Å²) in [5.41, 5.74) is 8.37. The summed E-state index contributed by atoms with van der Waals surface area (Å²) in [6.07, 6.45) is 3.23. The van der Waals surface area contributed by atoms with Gasteiger partial charge in [-0.05, 0) is 47.3 Å². The van der Waals surface area contributed by atoms with Crippen LogP contribution in [0.4, 0.5) is 10.7 Å². The molecule has 0 aliphatic heterocycles. The van der Waals surface area contributed by atoms with Crippen LogP contribution in [0.2, 0.25) is 0 Å². The number of amides is 2. The summed E-state index contributed by atoms with van der Waals surface area (Å²) in [5, 5.41) is 5.60. The third-order valence-corrected chi connectivity index (χ3v) is 4.96. The zero-order valence-corrected chi connectivity index (χ0v) is 15.6. The van der Waals surface area contributed by atoms with Crippen molar-refractivity contribution in [3.05, 3.63) is 77.4 Å². The van der Waals surface area contributed by atoms with Crippen molar-refractivity contribution in [3.8, 4) is 0 Å². The molecule has 6 nitrogen and oxygen atoms in total. The van der Waals surface area contributed by atoms with Crippen LogP contribution < -0.4 is 16.0 Å². The second-order valence-electron chi connectivity index (χ2n) is 6.00. The van der Waals surface area contributed by atoms with E-state index in [2.05, 4.69) is 10.3 Å². The van der Waals surface area contributed by atoms with E-state index < -0.39 is 0 Å². The van der Waals surface area contributed by atoms with E-state index >= 15 is 0 Å². The summed E-state index contributed by atoms with van der Waals surface area (Å²) in [6.45, 7) is 1.90. The normalized spacial score (nSPS) is 11.6. The minimum atomic E-state index is -0.353. The molecule has 2 amide bonds. The molecule has 1 unspecified atom stereocenters. The van der Waals surface area contributed by atoms with Crippen molar-refractivity contribution in [1.82, 2.24) is 4.98 Å². The Labute approximate surface area is 161 Å². The monoisotopic (exact) mass is 380 g/mol. The fraction of sp³-hybridized carbons (Fsp3) is 0.150. The molecule has 0 aliphatic rings. The van der Waals surface area contributed by atoms with Gasteiger partial charge in [0.25, 0.3) is 5.91 Å². The number of nitrogens with zero attached hydrogens (tertiary/aromatic N) is 2. The number of hydrogen-bond acceptors (Lipinski definition) is 5. The molecule has 0 spiro atoms. The molecule has 3 N–H and O–H groups in total. The Kier molecular flexibility index (Phi) is 5.95. The lowest BCUT2D eigenvalue weighted by atomic mass is 10.0. The van der Waals surface area contributed by atoms with Crippen molar-refractivity contribution >= 4 is 33.8 Å². The zero-order chi connectivity index (χ0) is 19.2. The van der Waals surface area contributed by atoms with Crippen LogP contribution in [0.5, 0.6) is 0 Å². The van der Waals surface area contributed by atoms with Gasteiger partial charge in [0.2, 0.25) is 5.91 Å². The van der Waals surface area contributed by atoms with E-state index in [1.807, 2.05) is 29.6 Å². The number of aromatic nitrogens is 1. The Bertz CT molecular complexity index is 896. The van der Waals surface area contributed by atoms with E-state index in [4.69, 9.17) is 5.73 Å². The van der Waals surface area contributed by atoms with Gasteiger partial charge >= 0.3 is 0 Å². The van der Waals surface area contributed by atoms with Crippen LogP contribution in [0.3, 0.4) is 0 Å². The van der Waals surface area contributed by atoms with Crippen molar-refractivity contribution in [2.75, 3.05) is 16.8 Å². The highest BCUT2D eigenvalue weighted by molar-refractivity contribution is 7.14. The lowest BCUT2D eigenvalue weighted by Crippen LogP contribution is -2.35. The van der Waals surface area contributed by atoms with Gasteiger partial charge in [-0.2, -0.15) is 0 Å². The standard InChI is InChI=1S/C20H20N4O2S/c1-14(25)24(19-3-2-12-27-19)13-18(21)15-4-6-16(7-5-15)20(26)23-17-8-10-22-11-9-17/h2-12,18H,13,21H2,1H3,(H,22,23,26). The molecule has 0 bridgehead atoms. The third-order valence-electron chi connectivity index (χ3n) is 4.07. The van der Waals surface area contributed by atoms with Gasteiger partial charge in [-0.3, -0.25) is 14.6 Å². The number of thiophene rings is 1. The van der Waals surface area contributed by atoms with Crippen LogP contribution in [-0.2, 0) is 4.79 Å². The van der Waals surface area contributed by atoms with Crippen LogP contribution in [0.1, 0.15) is 28.9 Å². The summed E-state index contributed by atoms with van der Waals surface area (Å²) in [7, 11) is 0. The van der Waals surface area contributed by atoms with Crippen molar-refractivity contribution in [2.45, 2.75) is 13.0 Å². The first-order chi connectivity index (χ1) is 13.0. The first-order valence-electron chi connectivity index (χ1n) is 8.43. The number of benzene rings is 1. The quantitative estimate of drug-likeness (QED) is 0.685. The molecule has 3 rings (SSSR count). The molecule has 138 valence electrons. The number of rotatable bonds is 6. The number of carbonyl (C=O) groups is 2. The van der Waals surface area contributed by atoms with Crippen LogP contribution >= 0.6 is 11.3 Å². The van der Waals surface area contributed by atoms with Gasteiger partial charge in [-0.15, -0.1) is 11.3 Å². The number of hydrogen-bond donors (Lipinski definition) is 2. The van der Waals surface area contributed by atoms with E-state index in [0.29, 0.717) is 17.8 Å². The molecule has 27 heavy (non-hydrogen) atoms. The van der Waals surface area contributed by atoms with Gasteiger partial charge in [0, 0.05) is 43.2 Å². The Hall–Kier alpha value is -3.03. The van der Waals surface area contributed by atoms with Crippen molar-refractivity contribution in [1.29, 1.82) is 0 Å². The van der Waals surface area contributed by atoms with Crippen molar-refractivity contribution < 1.29 is 9.59 Å². The summed E-state index contributed by atoms with van der Waals surface area (Å²) in [4.78, 5) is 29.8. The van der Waals surface area contributed by atoms with Gasteiger partial charge in [0.15, 0.2) is 0 Å². The molecule has 0 saturated carbocycles. The second kappa shape index (κ2) is 8.57. The third kappa shape index (κ3) is 4.78. The van der Waals surface area contributed by atoms with Gasteiger partial charge in [0.1, 0.15) is 0 Å². The predicted molar refractivity (Wildman–Crippen MR) is 108 cm³/mol. The summed E-state index contributed by atoms with van der Waals surface area (Å²) in [6, 6.07) is 14.0. The largest absolute Gasteiger partial charge is 0.322 e. The van der Waals surface area contributed by atoms with E-state index in [0.717, 1.165) is 10.6 Å². The van der Waals surface area contributed by atoms with Gasteiger partial charge in [-0.25, -0.2) is 0 Å². The molecule has 0 aliphatic carbocycles. The van der Waals surface area contributed by atoms with E-state index in [1.165, 1.54) is 18.3 Å². The molecule has 0 radical (unpaired) electrons. The Morgan fingerprint density at radius 1 is 1.15 bits per heavy atom. The minimum absolute atomic E-state index is 0.0544. The van der Waals surface area contributed by atoms with Crippen molar-refractivity contribution in [2.24, 2.45) is 5.73 Å².